The molecule has 0 aromatic carbocycles. The minimum absolute atomic E-state index is 0.0561. The Hall–Kier alpha value is -0.310. The third-order valence-electron chi connectivity index (χ3n) is 3.53. The molecule has 0 bridgehead atoms. The van der Waals surface area contributed by atoms with Crippen LogP contribution in [0.1, 0.15) is 49.7 Å². The van der Waals surface area contributed by atoms with Gasteiger partial charge in [-0.25, -0.2) is 0 Å². The van der Waals surface area contributed by atoms with E-state index in [-0.39, 0.29) is 5.38 Å². The number of aryl methyl sites for hydroxylation is 3. The molecule has 1 aliphatic carbocycles. The van der Waals surface area contributed by atoms with Gasteiger partial charge in [0.2, 0.25) is 0 Å². The highest BCUT2D eigenvalue weighted by molar-refractivity contribution is 7.14. The summed E-state index contributed by atoms with van der Waals surface area (Å²) in [5.41, 5.74) is 1.56. The van der Waals surface area contributed by atoms with Gasteiger partial charge in [0, 0.05) is 19.5 Å². The number of fused-ring (bicyclic) bond motifs is 1. The molecule has 0 fully saturated rings. The molecule has 1 aliphatic rings. The van der Waals surface area contributed by atoms with E-state index in [1.54, 1.807) is 10.4 Å². The van der Waals surface area contributed by atoms with Crippen molar-refractivity contribution < 1.29 is 0 Å². The topological polar surface area (TPSA) is 0 Å². The van der Waals surface area contributed by atoms with Gasteiger partial charge >= 0.3 is 0 Å². The van der Waals surface area contributed by atoms with Crippen LogP contribution in [0.25, 0.3) is 0 Å². The molecule has 0 spiro atoms. The van der Waals surface area contributed by atoms with Crippen LogP contribution in [-0.2, 0) is 12.8 Å². The van der Waals surface area contributed by atoms with E-state index in [1.807, 2.05) is 22.7 Å². The number of hydrogen-bond acceptors (Lipinski definition) is 2. The van der Waals surface area contributed by atoms with Crippen molar-refractivity contribution in [3.63, 3.8) is 0 Å². The summed E-state index contributed by atoms with van der Waals surface area (Å²) in [4.78, 5) is 5.55. The first-order valence-corrected chi connectivity index (χ1v) is 8.63. The molecule has 3 rings (SSSR count). The highest BCUT2D eigenvalue weighted by Crippen LogP contribution is 2.40. The molecule has 0 saturated carbocycles. The third-order valence-corrected chi connectivity index (χ3v) is 6.62. The van der Waals surface area contributed by atoms with Gasteiger partial charge in [-0.1, -0.05) is 6.42 Å². The molecule has 96 valence electrons. The zero-order chi connectivity index (χ0) is 12.5. The van der Waals surface area contributed by atoms with E-state index in [4.69, 9.17) is 11.6 Å². The average molecular weight is 297 g/mol. The second-order valence-electron chi connectivity index (χ2n) is 4.97. The van der Waals surface area contributed by atoms with Crippen molar-refractivity contribution in [2.75, 3.05) is 0 Å². The molecule has 2 heterocycles. The van der Waals surface area contributed by atoms with Gasteiger partial charge in [-0.15, -0.1) is 34.3 Å². The van der Waals surface area contributed by atoms with E-state index in [1.165, 1.54) is 46.7 Å². The Labute approximate surface area is 122 Å². The van der Waals surface area contributed by atoms with Crippen molar-refractivity contribution in [3.8, 4) is 0 Å². The smallest absolute Gasteiger partial charge is 0.102 e. The molecular weight excluding hydrogens is 280 g/mol. The van der Waals surface area contributed by atoms with Crippen LogP contribution in [0.5, 0.6) is 0 Å². The Balaban J connectivity index is 1.88. The largest absolute Gasteiger partial charge is 0.144 e. The van der Waals surface area contributed by atoms with Crippen molar-refractivity contribution in [3.05, 3.63) is 43.3 Å². The highest BCUT2D eigenvalue weighted by atomic mass is 35.5. The van der Waals surface area contributed by atoms with Crippen LogP contribution in [-0.4, -0.2) is 0 Å². The van der Waals surface area contributed by atoms with E-state index < -0.39 is 0 Å². The number of alkyl halides is 1. The number of thiophene rings is 2. The van der Waals surface area contributed by atoms with E-state index >= 15 is 0 Å². The first kappa shape index (κ1) is 12.7. The van der Waals surface area contributed by atoms with Crippen LogP contribution in [0.4, 0.5) is 0 Å². The zero-order valence-electron chi connectivity index (χ0n) is 10.5. The minimum atomic E-state index is 0.0561. The normalized spacial score (nSPS) is 17.2. The zero-order valence-corrected chi connectivity index (χ0v) is 12.9. The number of rotatable bonds is 2. The van der Waals surface area contributed by atoms with Crippen molar-refractivity contribution in [2.45, 2.75) is 44.4 Å². The maximum atomic E-state index is 6.63. The van der Waals surface area contributed by atoms with Gasteiger partial charge in [-0.05, 0) is 56.4 Å². The molecule has 0 aliphatic heterocycles. The number of halogens is 1. The van der Waals surface area contributed by atoms with E-state index in [9.17, 15) is 0 Å². The second kappa shape index (κ2) is 5.36. The summed E-state index contributed by atoms with van der Waals surface area (Å²) in [6.07, 6.45) is 6.57. The summed E-state index contributed by atoms with van der Waals surface area (Å²) < 4.78 is 0. The van der Waals surface area contributed by atoms with Gasteiger partial charge in [0.05, 0.1) is 0 Å². The first-order chi connectivity index (χ1) is 8.74. The van der Waals surface area contributed by atoms with Gasteiger partial charge in [-0.3, -0.25) is 0 Å². The van der Waals surface area contributed by atoms with E-state index in [2.05, 4.69) is 25.1 Å². The van der Waals surface area contributed by atoms with Crippen LogP contribution in [0, 0.1) is 6.92 Å². The third kappa shape index (κ3) is 2.52. The lowest BCUT2D eigenvalue weighted by atomic mass is 10.1. The van der Waals surface area contributed by atoms with Crippen LogP contribution < -0.4 is 0 Å². The van der Waals surface area contributed by atoms with E-state index in [0.29, 0.717) is 0 Å². The quantitative estimate of drug-likeness (QED) is 0.491. The van der Waals surface area contributed by atoms with Crippen LogP contribution >= 0.6 is 34.3 Å². The summed E-state index contributed by atoms with van der Waals surface area (Å²) >= 11 is 10.4. The van der Waals surface area contributed by atoms with Crippen molar-refractivity contribution >= 4 is 34.3 Å². The predicted molar refractivity (Wildman–Crippen MR) is 82.3 cm³/mol. The molecule has 0 N–H and O–H groups in total. The molecular formula is C15H17ClS2. The molecule has 0 saturated heterocycles. The molecule has 2 aromatic rings. The lowest BCUT2D eigenvalue weighted by Crippen LogP contribution is -1.85. The Morgan fingerprint density at radius 3 is 2.67 bits per heavy atom. The molecule has 1 atom stereocenters. The summed E-state index contributed by atoms with van der Waals surface area (Å²) in [6, 6.07) is 6.69. The molecule has 18 heavy (non-hydrogen) atoms. The van der Waals surface area contributed by atoms with Gasteiger partial charge in [0.15, 0.2) is 0 Å². The fourth-order valence-electron chi connectivity index (χ4n) is 2.55. The molecule has 1 unspecified atom stereocenters. The Kier molecular flexibility index (Phi) is 3.78. The van der Waals surface area contributed by atoms with Crippen LogP contribution in [0.2, 0.25) is 0 Å². The van der Waals surface area contributed by atoms with Gasteiger partial charge in [0.25, 0.3) is 0 Å². The van der Waals surface area contributed by atoms with Crippen molar-refractivity contribution in [1.82, 2.24) is 0 Å². The summed E-state index contributed by atoms with van der Waals surface area (Å²) in [6.45, 7) is 2.14. The predicted octanol–water partition coefficient (Wildman–Crippen LogP) is 5.72. The summed E-state index contributed by atoms with van der Waals surface area (Å²) in [5, 5.41) is 0.0561. The van der Waals surface area contributed by atoms with Gasteiger partial charge in [-0.2, -0.15) is 0 Å². The fraction of sp³-hybridized carbons (Fsp3) is 0.467. The number of hydrogen-bond donors (Lipinski definition) is 0. The monoisotopic (exact) mass is 296 g/mol. The Morgan fingerprint density at radius 2 is 1.89 bits per heavy atom. The molecule has 2 aromatic heterocycles. The second-order valence-corrected chi connectivity index (χ2v) is 7.89. The highest BCUT2D eigenvalue weighted by Gasteiger charge is 2.19. The van der Waals surface area contributed by atoms with Crippen molar-refractivity contribution in [1.29, 1.82) is 0 Å². The Bertz CT molecular complexity index is 515. The standard InChI is InChI=1S/C15H17ClS2/c1-10-7-8-13(17-10)15(16)14-9-11-5-3-2-4-6-12(11)18-14/h7-9,15H,2-6H2,1H3. The fourth-order valence-corrected chi connectivity index (χ4v) is 5.15. The van der Waals surface area contributed by atoms with Gasteiger partial charge < -0.3 is 0 Å². The maximum absolute atomic E-state index is 6.63. The first-order valence-electron chi connectivity index (χ1n) is 6.56. The van der Waals surface area contributed by atoms with E-state index in [0.717, 1.165) is 0 Å². The van der Waals surface area contributed by atoms with Crippen LogP contribution in [0.3, 0.4) is 0 Å². The minimum Gasteiger partial charge on any atom is -0.144 e. The summed E-state index contributed by atoms with van der Waals surface area (Å²) in [5.74, 6) is 0. The lowest BCUT2D eigenvalue weighted by Gasteiger charge is -2.03. The lowest BCUT2D eigenvalue weighted by molar-refractivity contribution is 0.712. The SMILES string of the molecule is Cc1ccc(C(Cl)c2cc3c(s2)CCCCC3)s1. The summed E-state index contributed by atoms with van der Waals surface area (Å²) in [7, 11) is 0. The van der Waals surface area contributed by atoms with Gasteiger partial charge in [0.1, 0.15) is 5.38 Å². The maximum Gasteiger partial charge on any atom is 0.102 e. The molecule has 0 nitrogen and oxygen atoms in total. The molecule has 0 amide bonds. The Morgan fingerprint density at radius 1 is 1.06 bits per heavy atom. The average Bonchev–Trinajstić information content (AvgIpc) is 2.90. The molecule has 0 radical (unpaired) electrons. The molecule has 3 heteroatoms. The van der Waals surface area contributed by atoms with Crippen molar-refractivity contribution in [2.24, 2.45) is 0 Å². The van der Waals surface area contributed by atoms with Crippen LogP contribution in [0.15, 0.2) is 18.2 Å².